The number of carbonyl (C=O) groups excluding carboxylic acids is 4. The molecule has 0 aromatic heterocycles. The van der Waals surface area contributed by atoms with Crippen LogP contribution >= 0.6 is 0 Å². The normalized spacial score (nSPS) is 25.6. The number of carbonyl (C=O) groups is 4. The summed E-state index contributed by atoms with van der Waals surface area (Å²) in [6, 6.07) is 3.29. The van der Waals surface area contributed by atoms with Gasteiger partial charge in [0.05, 0.1) is 6.54 Å². The largest absolute Gasteiger partial charge is 0.477 e. The molecule has 3 amide bonds. The number of amides is 3. The van der Waals surface area contributed by atoms with E-state index in [0.29, 0.717) is 49.3 Å². The molecule has 2 bridgehead atoms. The van der Waals surface area contributed by atoms with Crippen molar-refractivity contribution in [3.63, 3.8) is 0 Å². The van der Waals surface area contributed by atoms with E-state index >= 15 is 0 Å². The van der Waals surface area contributed by atoms with Gasteiger partial charge in [0.1, 0.15) is 6.04 Å². The number of likely N-dealkylation sites (tertiary alicyclic amines) is 1. The van der Waals surface area contributed by atoms with E-state index in [9.17, 15) is 19.2 Å². The highest BCUT2D eigenvalue weighted by atomic mass is 16.6. The number of likely N-dealkylation sites (N-methyl/N-ethyl adjacent to an activating group) is 2. The van der Waals surface area contributed by atoms with Crippen LogP contribution in [0.5, 0.6) is 11.5 Å². The number of nitrogens with one attached hydrogen (secondary N) is 2. The Kier molecular flexibility index (Phi) is 8.79. The van der Waals surface area contributed by atoms with Crippen LogP contribution in [0, 0.1) is 5.92 Å². The Balaban J connectivity index is 1.21. The smallest absolute Gasteiger partial charge is 0.415 e. The van der Waals surface area contributed by atoms with Crippen molar-refractivity contribution in [3.8, 4) is 11.5 Å². The summed E-state index contributed by atoms with van der Waals surface area (Å²) in [4.78, 5) is 58.4. The Hall–Kier alpha value is -3.91. The summed E-state index contributed by atoms with van der Waals surface area (Å²) in [7, 11) is 3.72. The zero-order valence-electron chi connectivity index (χ0n) is 24.8. The minimum atomic E-state index is -0.826. The molecular weight excluding hydrogens is 556 g/mol. The number of benzene rings is 1. The van der Waals surface area contributed by atoms with Crippen LogP contribution in [-0.2, 0) is 26.2 Å². The lowest BCUT2D eigenvalue weighted by atomic mass is 9.52. The molecule has 14 heteroatoms. The molecule has 2 aliphatic heterocycles. The Bertz CT molecular complexity index is 1320. The number of aliphatic imine (C=N–C) groups is 1. The van der Waals surface area contributed by atoms with Crippen molar-refractivity contribution in [1.29, 1.82) is 0 Å². The number of rotatable bonds is 11. The molecule has 1 aromatic carbocycles. The average molecular weight is 599 g/mol. The first-order valence-electron chi connectivity index (χ1n) is 14.9. The molecule has 2 heterocycles. The van der Waals surface area contributed by atoms with Crippen molar-refractivity contribution in [2.24, 2.45) is 28.1 Å². The first-order chi connectivity index (χ1) is 20.6. The highest BCUT2D eigenvalue weighted by Gasteiger charge is 2.65. The number of hydrogen-bond acceptors (Lipinski definition) is 9. The van der Waals surface area contributed by atoms with E-state index in [0.717, 1.165) is 36.9 Å². The summed E-state index contributed by atoms with van der Waals surface area (Å²) in [5.74, 6) is 0.325. The number of hydrogen-bond donors (Lipinski definition) is 5. The maximum Gasteiger partial charge on any atom is 0.415 e. The maximum absolute atomic E-state index is 13.1. The molecule has 2 aliphatic carbocycles. The van der Waals surface area contributed by atoms with E-state index in [1.807, 2.05) is 6.07 Å². The molecule has 8 N–H and O–H groups in total. The van der Waals surface area contributed by atoms with Crippen molar-refractivity contribution >= 4 is 29.7 Å². The molecule has 14 nitrogen and oxygen atoms in total. The number of guanidine groups is 1. The Labute approximate surface area is 250 Å². The number of piperidine rings is 1. The Morgan fingerprint density at radius 1 is 1.30 bits per heavy atom. The molecule has 4 aliphatic rings. The van der Waals surface area contributed by atoms with Gasteiger partial charge in [-0.2, -0.15) is 0 Å². The second-order valence-corrected chi connectivity index (χ2v) is 11.9. The van der Waals surface area contributed by atoms with Crippen LogP contribution in [-0.4, -0.2) is 104 Å². The number of nitrogens with two attached hydrogens (primary N) is 3. The van der Waals surface area contributed by atoms with Gasteiger partial charge in [-0.3, -0.25) is 19.4 Å². The monoisotopic (exact) mass is 598 g/mol. The second kappa shape index (κ2) is 12.4. The molecule has 0 radical (unpaired) electrons. The van der Waals surface area contributed by atoms with E-state index in [1.165, 1.54) is 4.90 Å². The zero-order chi connectivity index (χ0) is 30.9. The highest BCUT2D eigenvalue weighted by molar-refractivity contribution is 5.90. The van der Waals surface area contributed by atoms with Gasteiger partial charge in [-0.1, -0.05) is 6.07 Å². The first kappa shape index (κ1) is 30.5. The first-order valence-corrected chi connectivity index (χ1v) is 14.9. The summed E-state index contributed by atoms with van der Waals surface area (Å²) in [5, 5.41) is 5.34. The van der Waals surface area contributed by atoms with Crippen LogP contribution in [0.1, 0.15) is 43.2 Å². The summed E-state index contributed by atoms with van der Waals surface area (Å²) in [5.41, 5.74) is 17.9. The molecule has 5 rings (SSSR count). The number of Topliss-reactive ketones (excluding diaryl/α,β-unsaturated/α-hetero) is 1. The average Bonchev–Trinajstić information content (AvgIpc) is 3.34. The van der Waals surface area contributed by atoms with Crippen molar-refractivity contribution < 1.29 is 28.7 Å². The third-order valence-corrected chi connectivity index (χ3v) is 9.41. The Morgan fingerprint density at radius 3 is 2.84 bits per heavy atom. The van der Waals surface area contributed by atoms with Gasteiger partial charge in [0.25, 0.3) is 0 Å². The van der Waals surface area contributed by atoms with Crippen LogP contribution in [0.25, 0.3) is 0 Å². The molecular formula is C29H42N8O6. The molecule has 1 spiro atoms. The van der Waals surface area contributed by atoms with E-state index < -0.39 is 30.1 Å². The van der Waals surface area contributed by atoms with Crippen LogP contribution < -0.4 is 37.3 Å². The minimum absolute atomic E-state index is 0.0521. The summed E-state index contributed by atoms with van der Waals surface area (Å²) in [6.07, 6.45) is 2.66. The van der Waals surface area contributed by atoms with Gasteiger partial charge in [-0.05, 0) is 63.2 Å². The second-order valence-electron chi connectivity index (χ2n) is 11.9. The van der Waals surface area contributed by atoms with Crippen molar-refractivity contribution in [1.82, 2.24) is 20.4 Å². The van der Waals surface area contributed by atoms with Gasteiger partial charge in [0.15, 0.2) is 29.3 Å². The number of nitrogens with zero attached hydrogens (tertiary/aromatic N) is 3. The van der Waals surface area contributed by atoms with Gasteiger partial charge in [0, 0.05) is 50.1 Å². The predicted molar refractivity (Wildman–Crippen MR) is 158 cm³/mol. The van der Waals surface area contributed by atoms with Crippen LogP contribution in [0.2, 0.25) is 0 Å². The van der Waals surface area contributed by atoms with Crippen LogP contribution in [0.3, 0.4) is 0 Å². The van der Waals surface area contributed by atoms with E-state index in [4.69, 9.17) is 26.7 Å². The summed E-state index contributed by atoms with van der Waals surface area (Å²) >= 11 is 0. The van der Waals surface area contributed by atoms with E-state index in [-0.39, 0.29) is 36.8 Å². The van der Waals surface area contributed by atoms with Gasteiger partial charge >= 0.3 is 6.09 Å². The molecule has 234 valence electrons. The molecule has 1 saturated heterocycles. The van der Waals surface area contributed by atoms with Crippen molar-refractivity contribution in [3.05, 3.63) is 23.3 Å². The minimum Gasteiger partial charge on any atom is -0.477 e. The molecule has 1 aromatic rings. The van der Waals surface area contributed by atoms with Gasteiger partial charge in [0.2, 0.25) is 11.8 Å². The quantitative estimate of drug-likeness (QED) is 0.119. The van der Waals surface area contributed by atoms with Crippen molar-refractivity contribution in [2.45, 2.75) is 62.1 Å². The fourth-order valence-electron chi connectivity index (χ4n) is 7.35. The number of ketones is 1. The fourth-order valence-corrected chi connectivity index (χ4v) is 7.35. The van der Waals surface area contributed by atoms with Gasteiger partial charge < -0.3 is 47.1 Å². The molecule has 1 saturated carbocycles. The summed E-state index contributed by atoms with van der Waals surface area (Å²) < 4.78 is 12.2. The highest BCUT2D eigenvalue weighted by Crippen LogP contribution is 2.63. The molecule has 2 fully saturated rings. The lowest BCUT2D eigenvalue weighted by Crippen LogP contribution is -2.65. The van der Waals surface area contributed by atoms with E-state index in [1.54, 1.807) is 13.1 Å². The third kappa shape index (κ3) is 5.73. The van der Waals surface area contributed by atoms with Crippen molar-refractivity contribution in [2.75, 3.05) is 46.8 Å². The third-order valence-electron chi connectivity index (χ3n) is 9.41. The predicted octanol–water partition coefficient (Wildman–Crippen LogP) is -1.03. The number of ether oxygens (including phenoxy) is 2. The van der Waals surface area contributed by atoms with Gasteiger partial charge in [-0.25, -0.2) is 4.79 Å². The molecule has 2 unspecified atom stereocenters. The maximum atomic E-state index is 13.1. The zero-order valence-corrected chi connectivity index (χ0v) is 24.8. The Morgan fingerprint density at radius 2 is 2.09 bits per heavy atom. The van der Waals surface area contributed by atoms with Crippen LogP contribution in [0.15, 0.2) is 17.1 Å². The molecule has 5 atom stereocenters. The standard InChI is InChI=1S/C29H42N8O6/c1-36-12-9-29-17-6-7-20(38)25(29)43-24-21(8-5-16(23(24)29)14-19(17)36)42-28(41)37(2)13-11-33-26(40)18(35-22(39)15-30)4-3-10-34-27(31)32/h5,8,17-19,25H,3-4,6-7,9-15,30H2,1-2H3,(H,33,40)(H,35,39)(H4,31,32,34)/t17?,18-,19+,25?,29-/m0/s1. The summed E-state index contributed by atoms with van der Waals surface area (Å²) in [6.45, 7) is 1.21. The van der Waals surface area contributed by atoms with Gasteiger partial charge in [-0.15, -0.1) is 0 Å². The lowest BCUT2D eigenvalue weighted by Gasteiger charge is -2.57. The molecule has 43 heavy (non-hydrogen) atoms. The van der Waals surface area contributed by atoms with E-state index in [2.05, 4.69) is 27.6 Å². The lowest BCUT2D eigenvalue weighted by molar-refractivity contribution is -0.138. The van der Waals surface area contributed by atoms with Crippen LogP contribution in [0.4, 0.5) is 4.79 Å². The topological polar surface area (TPSA) is 208 Å². The fraction of sp³-hybridized carbons (Fsp3) is 0.621. The SMILES string of the molecule is CN(CCNC(=O)[C@H](CCCN=C(N)N)NC(=O)CN)C(=O)Oc1ccc2c3c1OC1C(=O)CCC4[C@@H](C2)N(C)CC[C@]314.